The van der Waals surface area contributed by atoms with E-state index in [0.717, 1.165) is 43.9 Å². The van der Waals surface area contributed by atoms with Gasteiger partial charge in [-0.2, -0.15) is 4.57 Å². The molecule has 1 N–H and O–H groups in total. The van der Waals surface area contributed by atoms with Gasteiger partial charge in [0.05, 0.1) is 16.2 Å². The van der Waals surface area contributed by atoms with E-state index in [4.69, 9.17) is 18.9 Å². The second-order valence-electron chi connectivity index (χ2n) is 6.55. The number of phenolic OH excluding ortho intramolecular Hbond substituents is 1. The van der Waals surface area contributed by atoms with E-state index < -0.39 is 0 Å². The molecule has 0 atom stereocenters. The molecular weight excluding hydrogens is 334 g/mol. The highest BCUT2D eigenvalue weighted by Crippen LogP contribution is 2.46. The summed E-state index contributed by atoms with van der Waals surface area (Å²) in [6.07, 6.45) is 1.97. The zero-order chi connectivity index (χ0) is 17.4. The number of nitrogens with zero attached hydrogens (tertiary/aromatic N) is 1. The van der Waals surface area contributed by atoms with E-state index in [-0.39, 0.29) is 19.3 Å². The summed E-state index contributed by atoms with van der Waals surface area (Å²) in [4.78, 5) is 0. The van der Waals surface area contributed by atoms with Crippen molar-refractivity contribution in [1.29, 1.82) is 0 Å². The van der Waals surface area contributed by atoms with Crippen molar-refractivity contribution >= 4 is 32.4 Å². The van der Waals surface area contributed by atoms with E-state index in [1.807, 2.05) is 42.1 Å². The van der Waals surface area contributed by atoms with Crippen molar-refractivity contribution in [2.75, 3.05) is 13.6 Å². The number of rotatable bonds is 0. The zero-order valence-corrected chi connectivity index (χ0v) is 13.9. The Balaban J connectivity index is 1.82. The molecule has 6 heteroatoms. The lowest BCUT2D eigenvalue weighted by Gasteiger charge is -2.10. The molecule has 2 aliphatic heterocycles. The van der Waals surface area contributed by atoms with Gasteiger partial charge in [-0.1, -0.05) is 6.07 Å². The number of hydrogen-bond donors (Lipinski definition) is 1. The molecule has 128 valence electrons. The molecule has 0 fully saturated rings. The summed E-state index contributed by atoms with van der Waals surface area (Å²) in [5, 5.41) is 15.3. The van der Waals surface area contributed by atoms with Crippen LogP contribution in [0, 0.1) is 0 Å². The Morgan fingerprint density at radius 3 is 2.50 bits per heavy atom. The summed E-state index contributed by atoms with van der Waals surface area (Å²) in [5.74, 6) is 2.90. The minimum atomic E-state index is 0.164. The van der Waals surface area contributed by atoms with Crippen molar-refractivity contribution in [3.8, 4) is 28.7 Å². The number of fused-ring (bicyclic) bond motifs is 8. The van der Waals surface area contributed by atoms with Crippen LogP contribution in [0.3, 0.4) is 0 Å². The molecule has 0 aliphatic carbocycles. The van der Waals surface area contributed by atoms with Gasteiger partial charge in [-0.3, -0.25) is 0 Å². The van der Waals surface area contributed by atoms with E-state index in [1.54, 1.807) is 6.07 Å². The van der Waals surface area contributed by atoms with Crippen LogP contribution in [0.1, 0.15) is 0 Å². The highest BCUT2D eigenvalue weighted by Gasteiger charge is 2.26. The maximum atomic E-state index is 10.7. The summed E-state index contributed by atoms with van der Waals surface area (Å²) in [6.45, 7) is 0.403. The average Bonchev–Trinajstić information content (AvgIpc) is 3.27. The van der Waals surface area contributed by atoms with Crippen LogP contribution in [0.15, 0.2) is 36.5 Å². The first kappa shape index (κ1) is 13.8. The second kappa shape index (κ2) is 4.60. The van der Waals surface area contributed by atoms with Gasteiger partial charge in [-0.05, 0) is 23.6 Å². The van der Waals surface area contributed by atoms with E-state index in [0.29, 0.717) is 11.5 Å². The third kappa shape index (κ3) is 1.63. The van der Waals surface area contributed by atoms with E-state index in [1.165, 1.54) is 0 Å². The number of aromatic nitrogens is 1. The highest BCUT2D eigenvalue weighted by molar-refractivity contribution is 6.17. The lowest BCUT2D eigenvalue weighted by atomic mass is 9.99. The van der Waals surface area contributed by atoms with E-state index in [2.05, 4.69) is 0 Å². The van der Waals surface area contributed by atoms with Gasteiger partial charge >= 0.3 is 0 Å². The van der Waals surface area contributed by atoms with Crippen LogP contribution in [0.5, 0.6) is 28.7 Å². The Hall–Kier alpha value is -3.41. The Kier molecular flexibility index (Phi) is 2.45. The molecular formula is C20H14NO5+. The van der Waals surface area contributed by atoms with Gasteiger partial charge < -0.3 is 24.1 Å². The Morgan fingerprint density at radius 2 is 1.62 bits per heavy atom. The Bertz CT molecular complexity index is 1260. The van der Waals surface area contributed by atoms with Crippen molar-refractivity contribution < 1.29 is 28.6 Å². The molecule has 0 spiro atoms. The lowest BCUT2D eigenvalue weighted by Crippen LogP contribution is -2.28. The molecule has 0 saturated heterocycles. The van der Waals surface area contributed by atoms with Crippen LogP contribution in [-0.4, -0.2) is 18.7 Å². The zero-order valence-electron chi connectivity index (χ0n) is 13.9. The van der Waals surface area contributed by atoms with E-state index >= 15 is 0 Å². The minimum Gasteiger partial charge on any atom is -0.507 e. The molecule has 2 aliphatic rings. The third-order valence-corrected chi connectivity index (χ3v) is 5.11. The molecule has 26 heavy (non-hydrogen) atoms. The minimum absolute atomic E-state index is 0.164. The fourth-order valence-corrected chi connectivity index (χ4v) is 4.00. The predicted octanol–water partition coefficient (Wildman–Crippen LogP) is 3.13. The molecule has 3 aromatic carbocycles. The maximum Gasteiger partial charge on any atom is 0.231 e. The number of pyridine rings is 1. The molecule has 1 aromatic heterocycles. The molecule has 0 amide bonds. The first-order valence-electron chi connectivity index (χ1n) is 8.31. The number of benzene rings is 3. The van der Waals surface area contributed by atoms with Crippen LogP contribution in [0.4, 0.5) is 0 Å². The predicted molar refractivity (Wildman–Crippen MR) is 94.0 cm³/mol. The summed E-state index contributed by atoms with van der Waals surface area (Å²) in [7, 11) is 1.98. The van der Waals surface area contributed by atoms with Crippen LogP contribution >= 0.6 is 0 Å². The summed E-state index contributed by atoms with van der Waals surface area (Å²) >= 11 is 0. The topological polar surface area (TPSA) is 61.0 Å². The van der Waals surface area contributed by atoms with Crippen LogP contribution in [0.2, 0.25) is 0 Å². The number of ether oxygens (including phenoxy) is 4. The average molecular weight is 348 g/mol. The number of phenols is 1. The van der Waals surface area contributed by atoms with Gasteiger partial charge in [-0.15, -0.1) is 0 Å². The lowest BCUT2D eigenvalue weighted by molar-refractivity contribution is -0.642. The monoisotopic (exact) mass is 348 g/mol. The molecule has 0 bridgehead atoms. The fourth-order valence-electron chi connectivity index (χ4n) is 4.00. The molecule has 4 aromatic rings. The van der Waals surface area contributed by atoms with Crippen LogP contribution < -0.4 is 23.5 Å². The van der Waals surface area contributed by atoms with Gasteiger partial charge in [0.25, 0.3) is 0 Å². The van der Waals surface area contributed by atoms with Crippen molar-refractivity contribution in [2.45, 2.75) is 0 Å². The summed E-state index contributed by atoms with van der Waals surface area (Å²) in [6, 6.07) is 9.65. The van der Waals surface area contributed by atoms with Crippen molar-refractivity contribution in [3.63, 3.8) is 0 Å². The summed E-state index contributed by atoms with van der Waals surface area (Å²) < 4.78 is 24.2. The molecule has 0 saturated carbocycles. The quantitative estimate of drug-likeness (QED) is 0.391. The van der Waals surface area contributed by atoms with Gasteiger partial charge in [-0.25, -0.2) is 0 Å². The van der Waals surface area contributed by atoms with Gasteiger partial charge in [0.15, 0.2) is 29.2 Å². The fraction of sp³-hybridized carbons (Fsp3) is 0.150. The van der Waals surface area contributed by atoms with Crippen molar-refractivity contribution in [3.05, 3.63) is 36.5 Å². The molecule has 3 heterocycles. The Morgan fingerprint density at radius 1 is 0.846 bits per heavy atom. The second-order valence-corrected chi connectivity index (χ2v) is 6.55. The SMILES string of the molecule is C[n+]1cc2c3c(cc(O)c2c2ccc4cc5c(cc4c21)OCO5)OCO3. The smallest absolute Gasteiger partial charge is 0.231 e. The molecule has 6 nitrogen and oxygen atoms in total. The third-order valence-electron chi connectivity index (χ3n) is 5.11. The first-order valence-corrected chi connectivity index (χ1v) is 8.31. The largest absolute Gasteiger partial charge is 0.507 e. The Labute approximate surface area is 147 Å². The number of aryl methyl sites for hydroxylation is 1. The van der Waals surface area contributed by atoms with Crippen molar-refractivity contribution in [1.82, 2.24) is 0 Å². The standard InChI is InChI=1S/C20H13NO5/c1-21-7-13-18(14(22)6-17-20(13)26-9-25-17)11-3-2-10-4-15-16(24-8-23-15)5-12(10)19(11)21/h2-7H,8-9H2,1H3/p+1. The van der Waals surface area contributed by atoms with Gasteiger partial charge in [0, 0.05) is 11.5 Å². The molecule has 0 radical (unpaired) electrons. The van der Waals surface area contributed by atoms with Gasteiger partial charge in [0.1, 0.15) is 12.8 Å². The first-order chi connectivity index (χ1) is 12.7. The molecule has 6 rings (SSSR count). The summed E-state index contributed by atoms with van der Waals surface area (Å²) in [5.41, 5.74) is 1.00. The van der Waals surface area contributed by atoms with Crippen LogP contribution in [0.25, 0.3) is 32.4 Å². The van der Waals surface area contributed by atoms with Gasteiger partial charge in [0.2, 0.25) is 19.1 Å². The van der Waals surface area contributed by atoms with E-state index in [9.17, 15) is 5.11 Å². The molecule has 0 unspecified atom stereocenters. The number of aromatic hydroxyl groups is 1. The highest BCUT2D eigenvalue weighted by atomic mass is 16.7. The normalized spacial score (nSPS) is 14.7. The number of hydrogen-bond acceptors (Lipinski definition) is 5. The maximum absolute atomic E-state index is 10.7. The van der Waals surface area contributed by atoms with Crippen molar-refractivity contribution in [2.24, 2.45) is 7.05 Å². The van der Waals surface area contributed by atoms with Crippen LogP contribution in [-0.2, 0) is 7.05 Å².